The van der Waals surface area contributed by atoms with Crippen LogP contribution in [0.5, 0.6) is 0 Å². The summed E-state index contributed by atoms with van der Waals surface area (Å²) in [6, 6.07) is 11.7. The van der Waals surface area contributed by atoms with Crippen LogP contribution in [0.15, 0.2) is 53.4 Å². The molecule has 4 rings (SSSR count). The van der Waals surface area contributed by atoms with Gasteiger partial charge in [0.2, 0.25) is 0 Å². The highest BCUT2D eigenvalue weighted by atomic mass is 32.2. The highest BCUT2D eigenvalue weighted by Crippen LogP contribution is 2.45. The molecule has 1 atom stereocenters. The summed E-state index contributed by atoms with van der Waals surface area (Å²) in [6.07, 6.45) is -0.991. The molecule has 0 unspecified atom stereocenters. The lowest BCUT2D eigenvalue weighted by Gasteiger charge is -2.29. The fourth-order valence-corrected chi connectivity index (χ4v) is 6.16. The van der Waals surface area contributed by atoms with E-state index in [1.54, 1.807) is 33.8 Å². The number of rotatable bonds is 6. The van der Waals surface area contributed by atoms with E-state index < -0.39 is 39.3 Å². The Morgan fingerprint density at radius 3 is 2.24 bits per heavy atom. The van der Waals surface area contributed by atoms with Gasteiger partial charge in [-0.25, -0.2) is 22.0 Å². The van der Waals surface area contributed by atoms with E-state index in [1.807, 2.05) is 31.2 Å². The predicted molar refractivity (Wildman–Crippen MR) is 137 cm³/mol. The van der Waals surface area contributed by atoms with Gasteiger partial charge in [-0.1, -0.05) is 29.8 Å². The van der Waals surface area contributed by atoms with Crippen molar-refractivity contribution < 1.29 is 31.8 Å². The monoisotopic (exact) mass is 529 g/mol. The maximum absolute atomic E-state index is 13.9. The average Bonchev–Trinajstić information content (AvgIpc) is 3.22. The minimum atomic E-state index is -4.21. The summed E-state index contributed by atoms with van der Waals surface area (Å²) in [6.45, 7) is 9.03. The standard InChI is InChI=1S/C28H29F2NO5S/c1-16-6-8-18(9-7-16)25-20-12-13-31(37(34,35)19-10-11-21(29)22(30)15-19)23(20)14-17(2)24(25)26(27(32)33)36-28(3,4)5/h6-11,14-15,26H,12-13H2,1-5H3,(H,32,33)/t26-/m0/s1. The first-order valence-electron chi connectivity index (χ1n) is 11.8. The molecule has 0 saturated carbocycles. The van der Waals surface area contributed by atoms with E-state index in [-0.39, 0.29) is 11.4 Å². The summed E-state index contributed by atoms with van der Waals surface area (Å²) >= 11 is 0. The largest absolute Gasteiger partial charge is 0.479 e. The Morgan fingerprint density at radius 2 is 1.68 bits per heavy atom. The fourth-order valence-electron chi connectivity index (χ4n) is 4.66. The van der Waals surface area contributed by atoms with E-state index >= 15 is 0 Å². The third kappa shape index (κ3) is 5.10. The molecular weight excluding hydrogens is 500 g/mol. The number of benzene rings is 3. The van der Waals surface area contributed by atoms with Gasteiger partial charge in [-0.05, 0) is 87.6 Å². The molecular formula is C28H29F2NO5S. The number of carbonyl (C=O) groups is 1. The third-order valence-corrected chi connectivity index (χ3v) is 8.08. The number of anilines is 1. The van der Waals surface area contributed by atoms with Gasteiger partial charge >= 0.3 is 5.97 Å². The number of hydrogen-bond acceptors (Lipinski definition) is 4. The zero-order chi connectivity index (χ0) is 27.3. The number of sulfonamides is 1. The van der Waals surface area contributed by atoms with Crippen LogP contribution in [-0.4, -0.2) is 31.6 Å². The number of hydrogen-bond donors (Lipinski definition) is 1. The molecule has 6 nitrogen and oxygen atoms in total. The second-order valence-corrected chi connectivity index (χ2v) is 12.1. The van der Waals surface area contributed by atoms with Crippen LogP contribution in [0.1, 0.15) is 49.1 Å². The molecule has 9 heteroatoms. The molecule has 0 fully saturated rings. The molecule has 0 aliphatic carbocycles. The number of fused-ring (bicyclic) bond motifs is 1. The molecule has 3 aromatic rings. The lowest BCUT2D eigenvalue weighted by atomic mass is 9.86. The second kappa shape index (κ2) is 9.54. The fraction of sp³-hybridized carbons (Fsp3) is 0.321. The molecule has 1 aliphatic rings. The molecule has 0 bridgehead atoms. The normalized spacial score (nSPS) is 14.5. The van der Waals surface area contributed by atoms with Crippen molar-refractivity contribution in [3.63, 3.8) is 0 Å². The lowest BCUT2D eigenvalue weighted by molar-refractivity contribution is -0.160. The van der Waals surface area contributed by atoms with Gasteiger partial charge in [0, 0.05) is 12.1 Å². The van der Waals surface area contributed by atoms with E-state index in [1.165, 1.54) is 4.31 Å². The Hall–Kier alpha value is -3.30. The van der Waals surface area contributed by atoms with Crippen molar-refractivity contribution in [2.24, 2.45) is 0 Å². The number of aryl methyl sites for hydroxylation is 2. The minimum absolute atomic E-state index is 0.0658. The second-order valence-electron chi connectivity index (χ2n) is 10.2. The van der Waals surface area contributed by atoms with Gasteiger partial charge in [0.25, 0.3) is 10.0 Å². The molecule has 0 aromatic heterocycles. The maximum atomic E-state index is 13.9. The van der Waals surface area contributed by atoms with Gasteiger partial charge in [-0.15, -0.1) is 0 Å². The van der Waals surface area contributed by atoms with Gasteiger partial charge in [0.1, 0.15) is 0 Å². The van der Waals surface area contributed by atoms with E-state index in [9.17, 15) is 27.1 Å². The topological polar surface area (TPSA) is 83.9 Å². The first-order valence-corrected chi connectivity index (χ1v) is 13.3. The average molecular weight is 530 g/mol. The van der Waals surface area contributed by atoms with Crippen LogP contribution in [-0.2, 0) is 26.0 Å². The molecule has 37 heavy (non-hydrogen) atoms. The first kappa shape index (κ1) is 26.8. The lowest BCUT2D eigenvalue weighted by Crippen LogP contribution is -2.30. The van der Waals surface area contributed by atoms with Crippen molar-refractivity contribution in [2.45, 2.75) is 57.6 Å². The van der Waals surface area contributed by atoms with Crippen LogP contribution in [0.25, 0.3) is 11.1 Å². The molecule has 0 saturated heterocycles. The van der Waals surface area contributed by atoms with Crippen LogP contribution in [0.4, 0.5) is 14.5 Å². The molecule has 1 aliphatic heterocycles. The van der Waals surface area contributed by atoms with E-state index in [4.69, 9.17) is 4.74 Å². The van der Waals surface area contributed by atoms with E-state index in [0.717, 1.165) is 23.3 Å². The molecule has 0 spiro atoms. The Bertz CT molecular complexity index is 1480. The summed E-state index contributed by atoms with van der Waals surface area (Å²) in [5.74, 6) is -3.55. The third-order valence-electron chi connectivity index (χ3n) is 6.27. The Morgan fingerprint density at radius 1 is 1.03 bits per heavy atom. The van der Waals surface area contributed by atoms with Gasteiger partial charge in [0.15, 0.2) is 17.7 Å². The molecule has 0 radical (unpaired) electrons. The SMILES string of the molecule is Cc1ccc(-c2c3c(cc(C)c2[C@H](OC(C)(C)C)C(=O)O)N(S(=O)(=O)c2ccc(F)c(F)c2)CC3)cc1. The van der Waals surface area contributed by atoms with Crippen LogP contribution in [0, 0.1) is 25.5 Å². The smallest absolute Gasteiger partial charge is 0.337 e. The Labute approximate surface area is 215 Å². The van der Waals surface area contributed by atoms with Gasteiger partial charge in [0.05, 0.1) is 16.2 Å². The number of carboxylic acid groups (broad SMARTS) is 1. The van der Waals surface area contributed by atoms with Crippen molar-refractivity contribution in [1.29, 1.82) is 0 Å². The highest BCUT2D eigenvalue weighted by Gasteiger charge is 2.38. The van der Waals surface area contributed by atoms with E-state index in [2.05, 4.69) is 0 Å². The number of halogens is 2. The zero-order valence-corrected chi connectivity index (χ0v) is 22.1. The van der Waals surface area contributed by atoms with Crippen molar-refractivity contribution in [2.75, 3.05) is 10.8 Å². The number of nitrogens with zero attached hydrogens (tertiary/aromatic N) is 1. The Balaban J connectivity index is 1.97. The van der Waals surface area contributed by atoms with Crippen LogP contribution < -0.4 is 4.31 Å². The van der Waals surface area contributed by atoms with Gasteiger partial charge < -0.3 is 9.84 Å². The van der Waals surface area contributed by atoms with Gasteiger partial charge in [-0.3, -0.25) is 4.31 Å². The van der Waals surface area contributed by atoms with Crippen LogP contribution in [0.3, 0.4) is 0 Å². The summed E-state index contributed by atoms with van der Waals surface area (Å²) in [5.41, 5.74) is 3.61. The van der Waals surface area contributed by atoms with Crippen LogP contribution in [0.2, 0.25) is 0 Å². The first-order chi connectivity index (χ1) is 17.2. The number of carboxylic acids is 1. The molecule has 1 heterocycles. The summed E-state index contributed by atoms with van der Waals surface area (Å²) in [4.78, 5) is 12.1. The Kier molecular flexibility index (Phi) is 6.90. The maximum Gasteiger partial charge on any atom is 0.337 e. The molecule has 0 amide bonds. The number of aliphatic carboxylic acids is 1. The van der Waals surface area contributed by atoms with Crippen molar-refractivity contribution in [3.05, 3.63) is 82.4 Å². The van der Waals surface area contributed by atoms with Gasteiger partial charge in [-0.2, -0.15) is 0 Å². The van der Waals surface area contributed by atoms with Crippen molar-refractivity contribution in [1.82, 2.24) is 0 Å². The predicted octanol–water partition coefficient (Wildman–Crippen LogP) is 5.94. The van der Waals surface area contributed by atoms with E-state index in [0.29, 0.717) is 40.4 Å². The molecule has 3 aromatic carbocycles. The molecule has 1 N–H and O–H groups in total. The highest BCUT2D eigenvalue weighted by molar-refractivity contribution is 7.92. The van der Waals surface area contributed by atoms with Crippen molar-refractivity contribution >= 4 is 21.7 Å². The molecule has 196 valence electrons. The zero-order valence-electron chi connectivity index (χ0n) is 21.3. The number of ether oxygens (including phenoxy) is 1. The summed E-state index contributed by atoms with van der Waals surface area (Å²) in [5, 5.41) is 10.2. The quantitative estimate of drug-likeness (QED) is 0.427. The minimum Gasteiger partial charge on any atom is -0.479 e. The summed E-state index contributed by atoms with van der Waals surface area (Å²) in [7, 11) is -4.21. The summed E-state index contributed by atoms with van der Waals surface area (Å²) < 4.78 is 61.5. The van der Waals surface area contributed by atoms with Crippen molar-refractivity contribution in [3.8, 4) is 11.1 Å². The van der Waals surface area contributed by atoms with Crippen LogP contribution >= 0.6 is 0 Å².